The number of hydrogen-bond donors (Lipinski definition) is 2. The third-order valence-corrected chi connectivity index (χ3v) is 3.82. The summed E-state index contributed by atoms with van der Waals surface area (Å²) in [6.07, 6.45) is 6.20. The van der Waals surface area contributed by atoms with Gasteiger partial charge in [0.2, 0.25) is 5.91 Å². The van der Waals surface area contributed by atoms with Crippen LogP contribution in [0.3, 0.4) is 0 Å². The summed E-state index contributed by atoms with van der Waals surface area (Å²) < 4.78 is 0. The molecule has 0 radical (unpaired) electrons. The molecule has 1 unspecified atom stereocenters. The second-order valence-electron chi connectivity index (χ2n) is 4.48. The number of carbonyl (C=O) groups excluding carboxylic acids is 1. The second kappa shape index (κ2) is 6.38. The van der Waals surface area contributed by atoms with Crippen molar-refractivity contribution in [3.05, 3.63) is 0 Å². The Hall–Kier alpha value is -0.220. The average molecular weight is 230 g/mol. The van der Waals surface area contributed by atoms with E-state index in [-0.39, 0.29) is 11.8 Å². The maximum atomic E-state index is 11.7. The first-order chi connectivity index (χ1) is 7.13. The van der Waals surface area contributed by atoms with Gasteiger partial charge in [0, 0.05) is 23.8 Å². The lowest BCUT2D eigenvalue weighted by molar-refractivity contribution is -0.124. The van der Waals surface area contributed by atoms with Gasteiger partial charge in [-0.1, -0.05) is 6.92 Å². The molecule has 1 saturated carbocycles. The number of amides is 1. The Balaban J connectivity index is 2.25. The van der Waals surface area contributed by atoms with E-state index >= 15 is 0 Å². The number of hydrogen-bond acceptors (Lipinski definition) is 3. The van der Waals surface area contributed by atoms with Crippen molar-refractivity contribution in [2.24, 2.45) is 11.7 Å². The fraction of sp³-hybridized carbons (Fsp3) is 0.909. The van der Waals surface area contributed by atoms with E-state index in [0.29, 0.717) is 12.1 Å². The molecule has 0 aromatic rings. The molecule has 3 N–H and O–H groups in total. The van der Waals surface area contributed by atoms with Gasteiger partial charge in [0.1, 0.15) is 0 Å². The molecule has 1 amide bonds. The highest BCUT2D eigenvalue weighted by molar-refractivity contribution is 7.98. The van der Waals surface area contributed by atoms with Crippen LogP contribution in [-0.4, -0.2) is 30.0 Å². The van der Waals surface area contributed by atoms with Crippen molar-refractivity contribution in [2.75, 3.05) is 12.0 Å². The van der Waals surface area contributed by atoms with E-state index in [1.165, 1.54) is 0 Å². The maximum Gasteiger partial charge on any atom is 0.223 e. The minimum Gasteiger partial charge on any atom is -0.353 e. The van der Waals surface area contributed by atoms with Crippen molar-refractivity contribution < 1.29 is 4.79 Å². The Kier molecular flexibility index (Phi) is 5.47. The third-order valence-electron chi connectivity index (χ3n) is 2.98. The van der Waals surface area contributed by atoms with Gasteiger partial charge in [-0.2, -0.15) is 11.8 Å². The van der Waals surface area contributed by atoms with Crippen LogP contribution in [0.2, 0.25) is 0 Å². The zero-order chi connectivity index (χ0) is 11.3. The van der Waals surface area contributed by atoms with Gasteiger partial charge in [0.15, 0.2) is 0 Å². The van der Waals surface area contributed by atoms with Crippen molar-refractivity contribution in [3.8, 4) is 0 Å². The molecule has 0 bridgehead atoms. The average Bonchev–Trinajstić information content (AvgIpc) is 2.22. The minimum atomic E-state index is 0.121. The van der Waals surface area contributed by atoms with E-state index in [0.717, 1.165) is 31.4 Å². The number of rotatable bonds is 4. The molecule has 1 fully saturated rings. The van der Waals surface area contributed by atoms with E-state index in [2.05, 4.69) is 5.32 Å². The topological polar surface area (TPSA) is 55.1 Å². The number of nitrogens with two attached hydrogens (primary N) is 1. The Morgan fingerprint density at radius 2 is 2.07 bits per heavy atom. The van der Waals surface area contributed by atoms with Crippen molar-refractivity contribution in [2.45, 2.75) is 44.7 Å². The van der Waals surface area contributed by atoms with Gasteiger partial charge in [0.05, 0.1) is 0 Å². The fourth-order valence-corrected chi connectivity index (χ4v) is 2.58. The summed E-state index contributed by atoms with van der Waals surface area (Å²) >= 11 is 1.72. The SMILES string of the molecule is CSCC(C)C(=O)NC1CCC(N)CC1. The van der Waals surface area contributed by atoms with Gasteiger partial charge in [-0.15, -0.1) is 0 Å². The maximum absolute atomic E-state index is 11.7. The van der Waals surface area contributed by atoms with E-state index in [4.69, 9.17) is 5.73 Å². The molecule has 15 heavy (non-hydrogen) atoms. The van der Waals surface area contributed by atoms with Crippen LogP contribution in [0.4, 0.5) is 0 Å². The Labute approximate surface area is 96.6 Å². The van der Waals surface area contributed by atoms with Gasteiger partial charge in [0.25, 0.3) is 0 Å². The zero-order valence-corrected chi connectivity index (χ0v) is 10.5. The van der Waals surface area contributed by atoms with Crippen LogP contribution >= 0.6 is 11.8 Å². The standard InChI is InChI=1S/C11H22N2OS/c1-8(7-15-2)11(14)13-10-5-3-9(12)4-6-10/h8-10H,3-7,12H2,1-2H3,(H,13,14). The molecular formula is C11H22N2OS. The van der Waals surface area contributed by atoms with E-state index in [9.17, 15) is 4.79 Å². The van der Waals surface area contributed by atoms with Crippen LogP contribution in [-0.2, 0) is 4.79 Å². The van der Waals surface area contributed by atoms with Gasteiger partial charge in [-0.25, -0.2) is 0 Å². The molecule has 0 aliphatic heterocycles. The van der Waals surface area contributed by atoms with E-state index < -0.39 is 0 Å². The van der Waals surface area contributed by atoms with Crippen molar-refractivity contribution >= 4 is 17.7 Å². The molecule has 1 aliphatic carbocycles. The van der Waals surface area contributed by atoms with E-state index in [1.807, 2.05) is 13.2 Å². The molecule has 3 nitrogen and oxygen atoms in total. The van der Waals surface area contributed by atoms with Crippen LogP contribution in [0.5, 0.6) is 0 Å². The quantitative estimate of drug-likeness (QED) is 0.767. The lowest BCUT2D eigenvalue weighted by Crippen LogP contribution is -2.42. The van der Waals surface area contributed by atoms with Gasteiger partial charge < -0.3 is 11.1 Å². The molecule has 1 rings (SSSR count). The minimum absolute atomic E-state index is 0.121. The van der Waals surface area contributed by atoms with Crippen molar-refractivity contribution in [1.29, 1.82) is 0 Å². The van der Waals surface area contributed by atoms with E-state index in [1.54, 1.807) is 11.8 Å². The fourth-order valence-electron chi connectivity index (χ4n) is 1.93. The first kappa shape index (κ1) is 12.8. The van der Waals surface area contributed by atoms with Crippen LogP contribution in [0.1, 0.15) is 32.6 Å². The predicted molar refractivity (Wildman–Crippen MR) is 65.9 cm³/mol. The number of nitrogens with one attached hydrogen (secondary N) is 1. The lowest BCUT2D eigenvalue weighted by atomic mass is 9.91. The van der Waals surface area contributed by atoms with Crippen LogP contribution in [0, 0.1) is 5.92 Å². The summed E-state index contributed by atoms with van der Waals surface area (Å²) in [5, 5.41) is 3.12. The Morgan fingerprint density at radius 3 is 2.60 bits per heavy atom. The van der Waals surface area contributed by atoms with Crippen molar-refractivity contribution in [1.82, 2.24) is 5.32 Å². The first-order valence-corrected chi connectivity index (χ1v) is 7.07. The molecule has 4 heteroatoms. The Bertz CT molecular complexity index is 203. The highest BCUT2D eigenvalue weighted by atomic mass is 32.2. The van der Waals surface area contributed by atoms with Crippen molar-refractivity contribution in [3.63, 3.8) is 0 Å². The zero-order valence-electron chi connectivity index (χ0n) is 9.66. The summed E-state index contributed by atoms with van der Waals surface area (Å²) in [5.74, 6) is 1.22. The molecule has 1 atom stereocenters. The number of carbonyl (C=O) groups is 1. The second-order valence-corrected chi connectivity index (χ2v) is 5.39. The molecule has 0 aromatic carbocycles. The summed E-state index contributed by atoms with van der Waals surface area (Å²) in [6.45, 7) is 1.99. The molecule has 0 spiro atoms. The van der Waals surface area contributed by atoms with Crippen LogP contribution in [0.15, 0.2) is 0 Å². The largest absolute Gasteiger partial charge is 0.353 e. The monoisotopic (exact) mass is 230 g/mol. The molecule has 88 valence electrons. The van der Waals surface area contributed by atoms with Gasteiger partial charge in [-0.3, -0.25) is 4.79 Å². The normalized spacial score (nSPS) is 28.5. The molecule has 0 heterocycles. The van der Waals surface area contributed by atoms with Gasteiger partial charge in [-0.05, 0) is 31.9 Å². The van der Waals surface area contributed by atoms with Gasteiger partial charge >= 0.3 is 0 Å². The van der Waals surface area contributed by atoms with Crippen LogP contribution in [0.25, 0.3) is 0 Å². The molecule has 0 saturated heterocycles. The van der Waals surface area contributed by atoms with Crippen LogP contribution < -0.4 is 11.1 Å². The molecule has 0 aromatic heterocycles. The molecule has 1 aliphatic rings. The summed E-state index contributed by atoms with van der Waals surface area (Å²) in [6, 6.07) is 0.711. The number of thioether (sulfide) groups is 1. The predicted octanol–water partition coefficient (Wildman–Crippen LogP) is 1.37. The highest BCUT2D eigenvalue weighted by Crippen LogP contribution is 2.17. The smallest absolute Gasteiger partial charge is 0.223 e. The first-order valence-electron chi connectivity index (χ1n) is 5.68. The summed E-state index contributed by atoms with van der Waals surface area (Å²) in [7, 11) is 0. The third kappa shape index (κ3) is 4.43. The Morgan fingerprint density at radius 1 is 1.47 bits per heavy atom. The molecular weight excluding hydrogens is 208 g/mol. The highest BCUT2D eigenvalue weighted by Gasteiger charge is 2.21. The summed E-state index contributed by atoms with van der Waals surface area (Å²) in [5.41, 5.74) is 5.82. The lowest BCUT2D eigenvalue weighted by Gasteiger charge is -2.27. The summed E-state index contributed by atoms with van der Waals surface area (Å²) in [4.78, 5) is 11.7.